The minimum atomic E-state index is 0.172. The van der Waals surface area contributed by atoms with E-state index < -0.39 is 0 Å². The van der Waals surface area contributed by atoms with Crippen LogP contribution in [0.4, 0.5) is 0 Å². The molecule has 116 valence electrons. The van der Waals surface area contributed by atoms with E-state index >= 15 is 0 Å². The zero-order chi connectivity index (χ0) is 14.8. The van der Waals surface area contributed by atoms with Crippen LogP contribution in [-0.4, -0.2) is 24.0 Å². The van der Waals surface area contributed by atoms with E-state index in [9.17, 15) is 0 Å². The third-order valence-electron chi connectivity index (χ3n) is 5.82. The van der Waals surface area contributed by atoms with Crippen molar-refractivity contribution in [3.63, 3.8) is 0 Å². The van der Waals surface area contributed by atoms with Gasteiger partial charge < -0.3 is 5.73 Å². The van der Waals surface area contributed by atoms with E-state index in [0.29, 0.717) is 12.0 Å². The topological polar surface area (TPSA) is 29.3 Å². The summed E-state index contributed by atoms with van der Waals surface area (Å²) < 4.78 is 0. The third-order valence-corrected chi connectivity index (χ3v) is 5.82. The second-order valence-electron chi connectivity index (χ2n) is 7.17. The summed E-state index contributed by atoms with van der Waals surface area (Å²) in [4.78, 5) is 2.63. The van der Waals surface area contributed by atoms with Crippen LogP contribution in [0.15, 0.2) is 24.3 Å². The second kappa shape index (κ2) is 6.50. The van der Waals surface area contributed by atoms with E-state index in [2.05, 4.69) is 43.1 Å². The van der Waals surface area contributed by atoms with Crippen molar-refractivity contribution in [3.05, 3.63) is 35.4 Å². The van der Waals surface area contributed by atoms with Crippen molar-refractivity contribution < 1.29 is 0 Å². The maximum Gasteiger partial charge on any atom is 0.0456 e. The second-order valence-corrected chi connectivity index (χ2v) is 7.17. The van der Waals surface area contributed by atoms with Gasteiger partial charge in [0.1, 0.15) is 0 Å². The molecule has 3 rings (SSSR count). The SMILES string of the molecule is CC1CC(N(C)C2CCCCCC2)C(N)c2ccccc21. The van der Waals surface area contributed by atoms with Gasteiger partial charge in [0.05, 0.1) is 0 Å². The lowest BCUT2D eigenvalue weighted by Crippen LogP contribution is -2.48. The molecule has 0 saturated heterocycles. The normalized spacial score (nSPS) is 31.0. The molecule has 2 aliphatic carbocycles. The van der Waals surface area contributed by atoms with E-state index in [1.807, 2.05) is 0 Å². The average Bonchev–Trinajstić information content (AvgIpc) is 2.79. The van der Waals surface area contributed by atoms with Crippen LogP contribution >= 0.6 is 0 Å². The summed E-state index contributed by atoms with van der Waals surface area (Å²) >= 11 is 0. The van der Waals surface area contributed by atoms with Gasteiger partial charge in [-0.2, -0.15) is 0 Å². The van der Waals surface area contributed by atoms with Gasteiger partial charge in [-0.3, -0.25) is 4.90 Å². The van der Waals surface area contributed by atoms with Gasteiger partial charge in [-0.15, -0.1) is 0 Å². The highest BCUT2D eigenvalue weighted by atomic mass is 15.2. The van der Waals surface area contributed by atoms with Crippen molar-refractivity contribution in [2.24, 2.45) is 5.73 Å². The predicted molar refractivity (Wildman–Crippen MR) is 89.4 cm³/mol. The number of benzene rings is 1. The summed E-state index contributed by atoms with van der Waals surface area (Å²) in [6, 6.07) is 10.2. The molecule has 0 aliphatic heterocycles. The first kappa shape index (κ1) is 15.1. The fourth-order valence-corrected chi connectivity index (χ4v) is 4.46. The Kier molecular flexibility index (Phi) is 4.66. The molecule has 2 N–H and O–H groups in total. The van der Waals surface area contributed by atoms with Gasteiger partial charge in [0.2, 0.25) is 0 Å². The van der Waals surface area contributed by atoms with Crippen molar-refractivity contribution in [1.29, 1.82) is 0 Å². The molecule has 0 amide bonds. The molecule has 0 radical (unpaired) electrons. The fraction of sp³-hybridized carbons (Fsp3) is 0.684. The summed E-state index contributed by atoms with van der Waals surface area (Å²) in [5.74, 6) is 0.624. The van der Waals surface area contributed by atoms with Crippen LogP contribution in [0.3, 0.4) is 0 Å². The van der Waals surface area contributed by atoms with Gasteiger partial charge >= 0.3 is 0 Å². The molecule has 1 aromatic carbocycles. The predicted octanol–water partition coefficient (Wildman–Crippen LogP) is 4.22. The van der Waals surface area contributed by atoms with Gasteiger partial charge in [0, 0.05) is 18.1 Å². The Morgan fingerprint density at radius 3 is 2.29 bits per heavy atom. The number of fused-ring (bicyclic) bond motifs is 1. The summed E-state index contributed by atoms with van der Waals surface area (Å²) in [6.45, 7) is 2.36. The number of nitrogens with two attached hydrogens (primary N) is 1. The molecule has 0 aromatic heterocycles. The van der Waals surface area contributed by atoms with Gasteiger partial charge in [-0.1, -0.05) is 56.9 Å². The average molecular weight is 286 g/mol. The largest absolute Gasteiger partial charge is 0.323 e. The molecule has 3 atom stereocenters. The van der Waals surface area contributed by atoms with Gasteiger partial charge in [0.25, 0.3) is 0 Å². The quantitative estimate of drug-likeness (QED) is 0.825. The molecule has 3 unspecified atom stereocenters. The van der Waals surface area contributed by atoms with Crippen LogP contribution in [0, 0.1) is 0 Å². The lowest BCUT2D eigenvalue weighted by Gasteiger charge is -2.43. The molecule has 21 heavy (non-hydrogen) atoms. The summed E-state index contributed by atoms with van der Waals surface area (Å²) in [6.07, 6.45) is 9.53. The minimum absolute atomic E-state index is 0.172. The Balaban J connectivity index is 1.79. The Labute approximate surface area is 129 Å². The molecule has 2 aliphatic rings. The van der Waals surface area contributed by atoms with Crippen molar-refractivity contribution in [2.45, 2.75) is 75.9 Å². The van der Waals surface area contributed by atoms with Crippen molar-refractivity contribution in [3.8, 4) is 0 Å². The molecular weight excluding hydrogens is 256 g/mol. The number of likely N-dealkylation sites (N-methyl/N-ethyl adjacent to an activating group) is 1. The van der Waals surface area contributed by atoms with Crippen LogP contribution in [0.2, 0.25) is 0 Å². The van der Waals surface area contributed by atoms with Crippen LogP contribution in [0.1, 0.15) is 75.0 Å². The lowest BCUT2D eigenvalue weighted by atomic mass is 9.77. The molecule has 0 heterocycles. The number of hydrogen-bond donors (Lipinski definition) is 1. The maximum atomic E-state index is 6.66. The smallest absolute Gasteiger partial charge is 0.0456 e. The van der Waals surface area contributed by atoms with Crippen molar-refractivity contribution >= 4 is 0 Å². The first-order valence-electron chi connectivity index (χ1n) is 8.75. The van der Waals surface area contributed by atoms with E-state index in [1.165, 1.54) is 56.1 Å². The number of rotatable bonds is 2. The minimum Gasteiger partial charge on any atom is -0.323 e. The Morgan fingerprint density at radius 2 is 1.62 bits per heavy atom. The Morgan fingerprint density at radius 1 is 1.00 bits per heavy atom. The standard InChI is InChI=1S/C19H30N2/c1-14-13-18(19(20)17-12-8-7-11-16(14)17)21(2)15-9-5-3-4-6-10-15/h7-8,11-12,14-15,18-19H,3-6,9-10,13,20H2,1-2H3. The van der Waals surface area contributed by atoms with E-state index in [0.717, 1.165) is 6.04 Å². The molecule has 1 fully saturated rings. The zero-order valence-electron chi connectivity index (χ0n) is 13.6. The monoisotopic (exact) mass is 286 g/mol. The lowest BCUT2D eigenvalue weighted by molar-refractivity contribution is 0.118. The van der Waals surface area contributed by atoms with E-state index in [4.69, 9.17) is 5.73 Å². The summed E-state index contributed by atoms with van der Waals surface area (Å²) in [5.41, 5.74) is 9.50. The van der Waals surface area contributed by atoms with Gasteiger partial charge in [-0.25, -0.2) is 0 Å². The van der Waals surface area contributed by atoms with E-state index in [1.54, 1.807) is 0 Å². The molecule has 2 heteroatoms. The van der Waals surface area contributed by atoms with Crippen LogP contribution in [0.5, 0.6) is 0 Å². The Hall–Kier alpha value is -0.860. The molecule has 2 nitrogen and oxygen atoms in total. The van der Waals surface area contributed by atoms with E-state index in [-0.39, 0.29) is 6.04 Å². The zero-order valence-corrected chi connectivity index (χ0v) is 13.6. The fourth-order valence-electron chi connectivity index (χ4n) is 4.46. The van der Waals surface area contributed by atoms with Crippen LogP contribution in [0.25, 0.3) is 0 Å². The maximum absolute atomic E-state index is 6.66. The van der Waals surface area contributed by atoms with Gasteiger partial charge in [-0.05, 0) is 43.4 Å². The molecule has 1 aromatic rings. The van der Waals surface area contributed by atoms with Crippen LogP contribution < -0.4 is 5.73 Å². The molecule has 0 bridgehead atoms. The van der Waals surface area contributed by atoms with Crippen molar-refractivity contribution in [2.75, 3.05) is 7.05 Å². The Bertz CT molecular complexity index is 462. The highest BCUT2D eigenvalue weighted by molar-refractivity contribution is 5.36. The molecule has 0 spiro atoms. The van der Waals surface area contributed by atoms with Crippen molar-refractivity contribution in [1.82, 2.24) is 4.90 Å². The molecule has 1 saturated carbocycles. The summed E-state index contributed by atoms with van der Waals surface area (Å²) in [7, 11) is 2.32. The number of hydrogen-bond acceptors (Lipinski definition) is 2. The first-order chi connectivity index (χ1) is 10.2. The number of nitrogens with zero attached hydrogens (tertiary/aromatic N) is 1. The van der Waals surface area contributed by atoms with Crippen LogP contribution in [-0.2, 0) is 0 Å². The highest BCUT2D eigenvalue weighted by Gasteiger charge is 2.35. The first-order valence-corrected chi connectivity index (χ1v) is 8.75. The van der Waals surface area contributed by atoms with Gasteiger partial charge in [0.15, 0.2) is 0 Å². The highest BCUT2D eigenvalue weighted by Crippen LogP contribution is 2.39. The molecular formula is C19H30N2. The summed E-state index contributed by atoms with van der Waals surface area (Å²) in [5, 5.41) is 0. The third kappa shape index (κ3) is 3.02.